The van der Waals surface area contributed by atoms with Crippen LogP contribution in [0.1, 0.15) is 39.1 Å². The highest BCUT2D eigenvalue weighted by Crippen LogP contribution is 2.29. The zero-order valence-corrected chi connectivity index (χ0v) is 18.3. The lowest BCUT2D eigenvalue weighted by Crippen LogP contribution is -2.10. The maximum Gasteiger partial charge on any atom is 0.231 e. The van der Waals surface area contributed by atoms with Crippen LogP contribution in [0.4, 0.5) is 11.8 Å². The van der Waals surface area contributed by atoms with Gasteiger partial charge in [-0.3, -0.25) is 15.1 Å². The van der Waals surface area contributed by atoms with Crippen molar-refractivity contribution >= 4 is 28.6 Å². The molecule has 1 aromatic carbocycles. The summed E-state index contributed by atoms with van der Waals surface area (Å²) in [5.41, 5.74) is 3.16. The standard InChI is InChI=1S/C23H25N5O3/c1-14(29)10-15-11-17(8-9-24-15)30-16-6-7-19-18(12-16)25-22(28(19)5)26-21-13-20(27-31-21)23(2,3)4/h6-9,11-13H,10H2,1-5H3,(H,25,26). The van der Waals surface area contributed by atoms with E-state index < -0.39 is 0 Å². The van der Waals surface area contributed by atoms with Crippen LogP contribution >= 0.6 is 0 Å². The molecule has 0 fully saturated rings. The number of carbonyl (C=O) groups is 1. The van der Waals surface area contributed by atoms with Crippen molar-refractivity contribution in [3.63, 3.8) is 0 Å². The maximum absolute atomic E-state index is 11.3. The van der Waals surface area contributed by atoms with Crippen LogP contribution in [0.3, 0.4) is 0 Å². The monoisotopic (exact) mass is 419 g/mol. The number of hydrogen-bond acceptors (Lipinski definition) is 7. The number of ketones is 1. The zero-order valence-electron chi connectivity index (χ0n) is 18.3. The highest BCUT2D eigenvalue weighted by Gasteiger charge is 2.20. The minimum atomic E-state index is -0.0980. The summed E-state index contributed by atoms with van der Waals surface area (Å²) >= 11 is 0. The second-order valence-corrected chi connectivity index (χ2v) is 8.56. The zero-order chi connectivity index (χ0) is 22.2. The van der Waals surface area contributed by atoms with Gasteiger partial charge in [-0.2, -0.15) is 0 Å². The van der Waals surface area contributed by atoms with Gasteiger partial charge in [-0.1, -0.05) is 25.9 Å². The number of anilines is 2. The molecule has 0 amide bonds. The van der Waals surface area contributed by atoms with E-state index >= 15 is 0 Å². The minimum absolute atomic E-state index is 0.0564. The Balaban J connectivity index is 1.56. The smallest absolute Gasteiger partial charge is 0.231 e. The molecule has 0 aliphatic rings. The molecule has 0 saturated carbocycles. The van der Waals surface area contributed by atoms with Crippen molar-refractivity contribution in [1.82, 2.24) is 19.7 Å². The molecule has 1 N–H and O–H groups in total. The van der Waals surface area contributed by atoms with Crippen LogP contribution in [-0.4, -0.2) is 25.5 Å². The Labute approximate surface area is 180 Å². The minimum Gasteiger partial charge on any atom is -0.457 e. The van der Waals surface area contributed by atoms with Crippen LogP contribution in [-0.2, 0) is 23.7 Å². The SMILES string of the molecule is CC(=O)Cc1cc(Oc2ccc3c(c2)nc(Nc2cc(C(C)(C)C)no2)n3C)ccn1. The molecule has 4 rings (SSSR count). The van der Waals surface area contributed by atoms with Gasteiger partial charge in [-0.05, 0) is 25.1 Å². The number of carbonyl (C=O) groups excluding carboxylic acids is 1. The number of imidazole rings is 1. The molecule has 160 valence electrons. The summed E-state index contributed by atoms with van der Waals surface area (Å²) in [5.74, 6) is 2.50. The van der Waals surface area contributed by atoms with Crippen molar-refractivity contribution in [1.29, 1.82) is 0 Å². The highest BCUT2D eigenvalue weighted by molar-refractivity contribution is 5.81. The molecule has 3 heterocycles. The number of nitrogens with one attached hydrogen (secondary N) is 1. The maximum atomic E-state index is 11.3. The Hall–Kier alpha value is -3.68. The van der Waals surface area contributed by atoms with E-state index in [9.17, 15) is 4.79 Å². The van der Waals surface area contributed by atoms with Gasteiger partial charge in [0.05, 0.1) is 22.4 Å². The lowest BCUT2D eigenvalue weighted by molar-refractivity contribution is -0.116. The number of Topliss-reactive ketones (excluding diaryl/α,β-unsaturated/α-hetero) is 1. The molecule has 0 aliphatic carbocycles. The van der Waals surface area contributed by atoms with Crippen molar-refractivity contribution in [2.24, 2.45) is 7.05 Å². The summed E-state index contributed by atoms with van der Waals surface area (Å²) < 4.78 is 13.3. The molecule has 0 bridgehead atoms. The Bertz CT molecular complexity index is 1250. The fourth-order valence-corrected chi connectivity index (χ4v) is 3.16. The fraction of sp³-hybridized carbons (Fsp3) is 0.304. The van der Waals surface area contributed by atoms with Crippen molar-refractivity contribution < 1.29 is 14.1 Å². The Morgan fingerprint density at radius 3 is 2.65 bits per heavy atom. The number of nitrogens with zero attached hydrogens (tertiary/aromatic N) is 4. The molecule has 0 unspecified atom stereocenters. The van der Waals surface area contributed by atoms with Gasteiger partial charge in [-0.15, -0.1) is 0 Å². The summed E-state index contributed by atoms with van der Waals surface area (Å²) in [7, 11) is 1.93. The molecule has 31 heavy (non-hydrogen) atoms. The third-order valence-corrected chi connectivity index (χ3v) is 4.82. The van der Waals surface area contributed by atoms with Crippen LogP contribution in [0, 0.1) is 0 Å². The lowest BCUT2D eigenvalue weighted by Gasteiger charge is -2.12. The van der Waals surface area contributed by atoms with Crippen LogP contribution in [0.25, 0.3) is 11.0 Å². The number of rotatable bonds is 6. The summed E-state index contributed by atoms with van der Waals surface area (Å²) in [6, 6.07) is 11.1. The van der Waals surface area contributed by atoms with E-state index in [1.165, 1.54) is 0 Å². The quantitative estimate of drug-likeness (QED) is 0.474. The third-order valence-electron chi connectivity index (χ3n) is 4.82. The molecule has 4 aromatic rings. The number of aromatic nitrogens is 4. The molecule has 0 saturated heterocycles. The van der Waals surface area contributed by atoms with Crippen LogP contribution in [0.2, 0.25) is 0 Å². The van der Waals surface area contributed by atoms with Gasteiger partial charge < -0.3 is 13.8 Å². The number of pyridine rings is 1. The average molecular weight is 419 g/mol. The van der Waals surface area contributed by atoms with E-state index in [0.717, 1.165) is 16.7 Å². The summed E-state index contributed by atoms with van der Waals surface area (Å²) in [4.78, 5) is 20.2. The molecule has 0 atom stereocenters. The second-order valence-electron chi connectivity index (χ2n) is 8.56. The average Bonchev–Trinajstić information content (AvgIpc) is 3.27. The van der Waals surface area contributed by atoms with E-state index in [-0.39, 0.29) is 17.6 Å². The first kappa shape index (κ1) is 20.6. The van der Waals surface area contributed by atoms with Gasteiger partial charge in [0, 0.05) is 43.3 Å². The second kappa shape index (κ2) is 7.86. The van der Waals surface area contributed by atoms with E-state index in [4.69, 9.17) is 9.26 Å². The topological polar surface area (TPSA) is 95.1 Å². The highest BCUT2D eigenvalue weighted by atomic mass is 16.5. The summed E-state index contributed by atoms with van der Waals surface area (Å²) in [6.45, 7) is 7.78. The Morgan fingerprint density at radius 2 is 1.94 bits per heavy atom. The predicted molar refractivity (Wildman–Crippen MR) is 118 cm³/mol. The van der Waals surface area contributed by atoms with Crippen LogP contribution in [0.15, 0.2) is 47.1 Å². The molecule has 8 nitrogen and oxygen atoms in total. The Kier molecular flexibility index (Phi) is 5.22. The summed E-state index contributed by atoms with van der Waals surface area (Å²) in [6.07, 6.45) is 1.92. The summed E-state index contributed by atoms with van der Waals surface area (Å²) in [5, 5.41) is 7.32. The fourth-order valence-electron chi connectivity index (χ4n) is 3.16. The van der Waals surface area contributed by atoms with Gasteiger partial charge >= 0.3 is 0 Å². The largest absolute Gasteiger partial charge is 0.457 e. The van der Waals surface area contributed by atoms with Gasteiger partial charge in [0.1, 0.15) is 17.3 Å². The van der Waals surface area contributed by atoms with Gasteiger partial charge in [0.2, 0.25) is 11.8 Å². The number of ether oxygens (including phenoxy) is 1. The van der Waals surface area contributed by atoms with Gasteiger partial charge in [0.25, 0.3) is 0 Å². The van der Waals surface area contributed by atoms with Gasteiger partial charge in [0.15, 0.2) is 0 Å². The lowest BCUT2D eigenvalue weighted by atomic mass is 9.92. The molecular formula is C23H25N5O3. The van der Waals surface area contributed by atoms with Crippen LogP contribution in [0.5, 0.6) is 11.5 Å². The predicted octanol–water partition coefficient (Wildman–Crippen LogP) is 4.92. The first-order valence-corrected chi connectivity index (χ1v) is 10.0. The number of hydrogen-bond donors (Lipinski definition) is 1. The van der Waals surface area contributed by atoms with E-state index in [0.29, 0.717) is 29.0 Å². The molecule has 8 heteroatoms. The van der Waals surface area contributed by atoms with Crippen molar-refractivity contribution in [2.75, 3.05) is 5.32 Å². The Morgan fingerprint density at radius 1 is 1.16 bits per heavy atom. The van der Waals surface area contributed by atoms with E-state index in [1.54, 1.807) is 25.3 Å². The molecule has 3 aromatic heterocycles. The normalized spacial score (nSPS) is 11.6. The number of fused-ring (bicyclic) bond motifs is 1. The molecule has 0 radical (unpaired) electrons. The van der Waals surface area contributed by atoms with Crippen LogP contribution < -0.4 is 10.1 Å². The number of benzene rings is 1. The van der Waals surface area contributed by atoms with Crippen molar-refractivity contribution in [2.45, 2.75) is 39.5 Å². The molecule has 0 spiro atoms. The molecule has 0 aliphatic heterocycles. The van der Waals surface area contributed by atoms with Gasteiger partial charge in [-0.25, -0.2) is 4.98 Å². The number of aryl methyl sites for hydroxylation is 1. The van der Waals surface area contributed by atoms with E-state index in [2.05, 4.69) is 41.2 Å². The molecular weight excluding hydrogens is 394 g/mol. The first-order valence-electron chi connectivity index (χ1n) is 10.0. The van der Waals surface area contributed by atoms with Crippen molar-refractivity contribution in [3.8, 4) is 11.5 Å². The van der Waals surface area contributed by atoms with E-state index in [1.807, 2.05) is 35.9 Å². The third kappa shape index (κ3) is 4.58. The first-order chi connectivity index (χ1) is 14.7. The van der Waals surface area contributed by atoms with Crippen molar-refractivity contribution in [3.05, 3.63) is 54.0 Å².